The molecule has 0 radical (unpaired) electrons. The molecular formula is C15H20N4O. The van der Waals surface area contributed by atoms with Crippen LogP contribution in [0.1, 0.15) is 19.8 Å². The zero-order valence-corrected chi connectivity index (χ0v) is 11.9. The largest absolute Gasteiger partial charge is 0.382 e. The van der Waals surface area contributed by atoms with E-state index in [0.717, 1.165) is 36.5 Å². The van der Waals surface area contributed by atoms with Crippen LogP contribution in [0, 0.1) is 0 Å². The quantitative estimate of drug-likeness (QED) is 0.929. The third-order valence-electron chi connectivity index (χ3n) is 3.72. The number of nitrogens with zero attached hydrogens (tertiary/aromatic N) is 3. The third-order valence-corrected chi connectivity index (χ3v) is 3.72. The Hall–Kier alpha value is -1.88. The minimum atomic E-state index is 0.303. The maximum absolute atomic E-state index is 5.84. The van der Waals surface area contributed by atoms with Crippen LogP contribution in [-0.4, -0.2) is 33.5 Å². The molecule has 1 aromatic heterocycles. The van der Waals surface area contributed by atoms with E-state index in [1.807, 2.05) is 23.7 Å². The number of para-hydroxylation sites is 1. The molecule has 0 bridgehead atoms. The molecule has 5 heteroatoms. The van der Waals surface area contributed by atoms with Crippen molar-refractivity contribution < 1.29 is 4.74 Å². The van der Waals surface area contributed by atoms with Crippen LogP contribution in [0.4, 0.5) is 5.69 Å². The average Bonchev–Trinajstić information content (AvgIpc) is 3.05. The van der Waals surface area contributed by atoms with Crippen LogP contribution in [0.25, 0.3) is 11.4 Å². The molecule has 1 aromatic carbocycles. The van der Waals surface area contributed by atoms with E-state index in [2.05, 4.69) is 34.6 Å². The summed E-state index contributed by atoms with van der Waals surface area (Å²) in [6.45, 7) is 2.96. The molecule has 1 N–H and O–H groups in total. The van der Waals surface area contributed by atoms with Crippen molar-refractivity contribution in [1.82, 2.24) is 14.8 Å². The van der Waals surface area contributed by atoms with Gasteiger partial charge in [-0.25, -0.2) is 0 Å². The summed E-state index contributed by atoms with van der Waals surface area (Å²) < 4.78 is 7.77. The number of benzene rings is 1. The predicted molar refractivity (Wildman–Crippen MR) is 78.5 cm³/mol. The van der Waals surface area contributed by atoms with E-state index < -0.39 is 0 Å². The molecule has 3 rings (SSSR count). The van der Waals surface area contributed by atoms with Gasteiger partial charge in [0, 0.05) is 24.8 Å². The van der Waals surface area contributed by atoms with Crippen molar-refractivity contribution in [2.45, 2.75) is 32.0 Å². The minimum absolute atomic E-state index is 0.303. The number of anilines is 1. The predicted octanol–water partition coefficient (Wildman–Crippen LogP) is 2.46. The van der Waals surface area contributed by atoms with Crippen molar-refractivity contribution in [3.05, 3.63) is 30.6 Å². The number of hydrogen-bond donors (Lipinski definition) is 1. The van der Waals surface area contributed by atoms with Gasteiger partial charge in [-0.15, -0.1) is 10.2 Å². The van der Waals surface area contributed by atoms with Crippen molar-refractivity contribution in [3.8, 4) is 11.4 Å². The van der Waals surface area contributed by atoms with Gasteiger partial charge in [0.05, 0.1) is 12.2 Å². The molecule has 2 unspecified atom stereocenters. The van der Waals surface area contributed by atoms with Crippen LogP contribution >= 0.6 is 0 Å². The molecule has 2 atom stereocenters. The van der Waals surface area contributed by atoms with Crippen molar-refractivity contribution in [3.63, 3.8) is 0 Å². The first-order chi connectivity index (χ1) is 9.74. The Balaban J connectivity index is 1.75. The van der Waals surface area contributed by atoms with E-state index in [0.29, 0.717) is 12.2 Å². The van der Waals surface area contributed by atoms with Gasteiger partial charge < -0.3 is 14.6 Å². The Labute approximate surface area is 119 Å². The lowest BCUT2D eigenvalue weighted by atomic mass is 10.1. The van der Waals surface area contributed by atoms with E-state index >= 15 is 0 Å². The lowest BCUT2D eigenvalue weighted by Gasteiger charge is -2.15. The fourth-order valence-corrected chi connectivity index (χ4v) is 2.62. The van der Waals surface area contributed by atoms with Gasteiger partial charge in [-0.1, -0.05) is 12.1 Å². The highest BCUT2D eigenvalue weighted by Crippen LogP contribution is 2.26. The van der Waals surface area contributed by atoms with Crippen LogP contribution < -0.4 is 5.32 Å². The topological polar surface area (TPSA) is 52.0 Å². The summed E-state index contributed by atoms with van der Waals surface area (Å²) in [6, 6.07) is 8.18. The fraction of sp³-hybridized carbons (Fsp3) is 0.467. The number of hydrogen-bond acceptors (Lipinski definition) is 4. The van der Waals surface area contributed by atoms with E-state index in [1.54, 1.807) is 6.33 Å². The first-order valence-electron chi connectivity index (χ1n) is 7.07. The summed E-state index contributed by atoms with van der Waals surface area (Å²) in [4.78, 5) is 0. The molecule has 5 nitrogen and oxygen atoms in total. The monoisotopic (exact) mass is 272 g/mol. The van der Waals surface area contributed by atoms with Crippen LogP contribution in [-0.2, 0) is 11.8 Å². The standard InChI is InChI=1S/C15H20N4O/c1-11-7-8-12(20-11)9-16-14-6-4-3-5-13(14)15-18-17-10-19(15)2/h3-6,10-12,16H,7-9H2,1-2H3. The molecule has 1 aliphatic rings. The second kappa shape index (κ2) is 5.63. The summed E-state index contributed by atoms with van der Waals surface area (Å²) in [6.07, 6.45) is 4.68. The molecule has 1 aliphatic heterocycles. The smallest absolute Gasteiger partial charge is 0.165 e. The summed E-state index contributed by atoms with van der Waals surface area (Å²) in [7, 11) is 1.95. The average molecular weight is 272 g/mol. The number of aryl methyl sites for hydroxylation is 1. The fourth-order valence-electron chi connectivity index (χ4n) is 2.62. The van der Waals surface area contributed by atoms with Gasteiger partial charge in [0.1, 0.15) is 6.33 Å². The van der Waals surface area contributed by atoms with Gasteiger partial charge in [0.15, 0.2) is 5.82 Å². The summed E-state index contributed by atoms with van der Waals surface area (Å²) >= 11 is 0. The maximum Gasteiger partial charge on any atom is 0.165 e. The van der Waals surface area contributed by atoms with Crippen LogP contribution in [0.15, 0.2) is 30.6 Å². The molecule has 0 amide bonds. The van der Waals surface area contributed by atoms with Crippen LogP contribution in [0.5, 0.6) is 0 Å². The van der Waals surface area contributed by atoms with Gasteiger partial charge in [0.2, 0.25) is 0 Å². The summed E-state index contributed by atoms with van der Waals surface area (Å²) in [5.41, 5.74) is 2.14. The first kappa shape index (κ1) is 13.1. The van der Waals surface area contributed by atoms with Crippen molar-refractivity contribution in [1.29, 1.82) is 0 Å². The van der Waals surface area contributed by atoms with Gasteiger partial charge in [-0.3, -0.25) is 0 Å². The molecule has 2 heterocycles. The zero-order chi connectivity index (χ0) is 13.9. The van der Waals surface area contributed by atoms with Gasteiger partial charge in [0.25, 0.3) is 0 Å². The molecule has 1 saturated heterocycles. The maximum atomic E-state index is 5.84. The van der Waals surface area contributed by atoms with E-state index in [-0.39, 0.29) is 0 Å². The Bertz CT molecular complexity index is 581. The molecule has 0 saturated carbocycles. The van der Waals surface area contributed by atoms with Gasteiger partial charge in [-0.2, -0.15) is 0 Å². The molecule has 20 heavy (non-hydrogen) atoms. The summed E-state index contributed by atoms with van der Waals surface area (Å²) in [5.74, 6) is 0.869. The molecule has 0 aliphatic carbocycles. The summed E-state index contributed by atoms with van der Waals surface area (Å²) in [5, 5.41) is 11.6. The lowest BCUT2D eigenvalue weighted by Crippen LogP contribution is -2.20. The Kier molecular flexibility index (Phi) is 3.69. The molecule has 1 fully saturated rings. The van der Waals surface area contributed by atoms with Crippen LogP contribution in [0.3, 0.4) is 0 Å². The highest BCUT2D eigenvalue weighted by molar-refractivity contribution is 5.73. The highest BCUT2D eigenvalue weighted by Gasteiger charge is 2.21. The number of aromatic nitrogens is 3. The minimum Gasteiger partial charge on any atom is -0.382 e. The van der Waals surface area contributed by atoms with Crippen LogP contribution in [0.2, 0.25) is 0 Å². The number of nitrogens with one attached hydrogen (secondary N) is 1. The Morgan fingerprint density at radius 2 is 2.20 bits per heavy atom. The molecule has 2 aromatic rings. The second-order valence-corrected chi connectivity index (χ2v) is 5.34. The first-order valence-corrected chi connectivity index (χ1v) is 7.07. The number of ether oxygens (including phenoxy) is 1. The Morgan fingerprint density at radius 1 is 1.35 bits per heavy atom. The van der Waals surface area contributed by atoms with Crippen molar-refractivity contribution in [2.75, 3.05) is 11.9 Å². The van der Waals surface area contributed by atoms with Gasteiger partial charge in [-0.05, 0) is 31.9 Å². The van der Waals surface area contributed by atoms with E-state index in [9.17, 15) is 0 Å². The number of rotatable bonds is 4. The van der Waals surface area contributed by atoms with Crippen molar-refractivity contribution >= 4 is 5.69 Å². The van der Waals surface area contributed by atoms with E-state index in [4.69, 9.17) is 4.74 Å². The second-order valence-electron chi connectivity index (χ2n) is 5.34. The zero-order valence-electron chi connectivity index (χ0n) is 11.9. The van der Waals surface area contributed by atoms with Crippen molar-refractivity contribution in [2.24, 2.45) is 7.05 Å². The highest BCUT2D eigenvalue weighted by atomic mass is 16.5. The SMILES string of the molecule is CC1CCC(CNc2ccccc2-c2nncn2C)O1. The molecule has 106 valence electrons. The van der Waals surface area contributed by atoms with Gasteiger partial charge >= 0.3 is 0 Å². The lowest BCUT2D eigenvalue weighted by molar-refractivity contribution is 0.0637. The van der Waals surface area contributed by atoms with E-state index in [1.165, 1.54) is 0 Å². The Morgan fingerprint density at radius 3 is 2.90 bits per heavy atom. The normalized spacial score (nSPS) is 22.1. The third kappa shape index (κ3) is 2.67. The molecular weight excluding hydrogens is 252 g/mol. The molecule has 0 spiro atoms.